The van der Waals surface area contributed by atoms with Gasteiger partial charge in [-0.2, -0.15) is 0 Å². The van der Waals surface area contributed by atoms with Gasteiger partial charge in [-0.05, 0) is 36.1 Å². The third-order valence-electron chi connectivity index (χ3n) is 5.33. The molecule has 1 N–H and O–H groups in total. The quantitative estimate of drug-likeness (QED) is 0.909. The van der Waals surface area contributed by atoms with Crippen molar-refractivity contribution in [3.63, 3.8) is 0 Å². The number of benzene rings is 1. The van der Waals surface area contributed by atoms with Crippen LogP contribution in [0.15, 0.2) is 47.3 Å². The van der Waals surface area contributed by atoms with E-state index < -0.39 is 0 Å². The summed E-state index contributed by atoms with van der Waals surface area (Å²) < 4.78 is 14.8. The van der Waals surface area contributed by atoms with Crippen LogP contribution in [0.4, 0.5) is 4.39 Å². The van der Waals surface area contributed by atoms with E-state index in [1.54, 1.807) is 18.2 Å². The summed E-state index contributed by atoms with van der Waals surface area (Å²) in [6, 6.07) is 11.6. The van der Waals surface area contributed by atoms with E-state index in [-0.39, 0.29) is 17.3 Å². The third-order valence-corrected chi connectivity index (χ3v) is 5.33. The molecule has 2 aliphatic heterocycles. The number of fused-ring (bicyclic) bond motifs is 4. The van der Waals surface area contributed by atoms with Crippen LogP contribution in [-0.2, 0) is 17.9 Å². The van der Waals surface area contributed by atoms with E-state index >= 15 is 0 Å². The van der Waals surface area contributed by atoms with E-state index in [1.165, 1.54) is 12.1 Å². The van der Waals surface area contributed by atoms with Crippen LogP contribution >= 0.6 is 0 Å². The van der Waals surface area contributed by atoms with Crippen molar-refractivity contribution in [2.75, 3.05) is 19.6 Å². The molecule has 1 aromatic heterocycles. The van der Waals surface area contributed by atoms with Gasteiger partial charge in [-0.1, -0.05) is 18.2 Å². The molecule has 2 aromatic rings. The number of piperidine rings is 1. The molecule has 4 rings (SSSR count). The SMILES string of the molecule is O=C(CN1C[C@H]2C[C@H](C1)c1cccc(=O)n1C2)NCc1ccc(F)cc1. The Hall–Kier alpha value is -2.47. The maximum Gasteiger partial charge on any atom is 0.250 e. The molecule has 1 fully saturated rings. The summed E-state index contributed by atoms with van der Waals surface area (Å²) in [5, 5.41) is 2.90. The molecule has 26 heavy (non-hydrogen) atoms. The van der Waals surface area contributed by atoms with Gasteiger partial charge in [-0.3, -0.25) is 14.5 Å². The number of carbonyl (C=O) groups is 1. The Kier molecular flexibility index (Phi) is 4.59. The molecule has 136 valence electrons. The highest BCUT2D eigenvalue weighted by atomic mass is 19.1. The second-order valence-corrected chi connectivity index (χ2v) is 7.30. The molecule has 0 aliphatic carbocycles. The lowest BCUT2D eigenvalue weighted by atomic mass is 9.83. The summed E-state index contributed by atoms with van der Waals surface area (Å²) in [6.07, 6.45) is 1.08. The number of carbonyl (C=O) groups excluding carboxylic acids is 1. The maximum atomic E-state index is 12.9. The zero-order valence-electron chi connectivity index (χ0n) is 14.5. The molecule has 3 heterocycles. The molecule has 6 heteroatoms. The van der Waals surface area contributed by atoms with Gasteiger partial charge in [0.1, 0.15) is 5.82 Å². The Labute approximate surface area is 151 Å². The zero-order chi connectivity index (χ0) is 18.1. The van der Waals surface area contributed by atoms with E-state index in [0.717, 1.165) is 37.3 Å². The number of rotatable bonds is 4. The number of nitrogens with one attached hydrogen (secondary N) is 1. The smallest absolute Gasteiger partial charge is 0.250 e. The summed E-state index contributed by atoms with van der Waals surface area (Å²) in [4.78, 5) is 26.5. The van der Waals surface area contributed by atoms with Gasteiger partial charge in [-0.15, -0.1) is 0 Å². The first-order valence-corrected chi connectivity index (χ1v) is 9.02. The molecular weight excluding hydrogens is 333 g/mol. The summed E-state index contributed by atoms with van der Waals surface area (Å²) >= 11 is 0. The predicted octanol–water partition coefficient (Wildman–Crippen LogP) is 1.72. The van der Waals surface area contributed by atoms with Crippen LogP contribution in [0.3, 0.4) is 0 Å². The van der Waals surface area contributed by atoms with Crippen LogP contribution in [0.2, 0.25) is 0 Å². The molecule has 1 saturated heterocycles. The van der Waals surface area contributed by atoms with Crippen LogP contribution in [0, 0.1) is 11.7 Å². The van der Waals surface area contributed by atoms with Crippen molar-refractivity contribution in [3.05, 3.63) is 69.9 Å². The molecule has 0 saturated carbocycles. The van der Waals surface area contributed by atoms with Gasteiger partial charge in [0.2, 0.25) is 5.91 Å². The molecule has 2 bridgehead atoms. The molecule has 5 nitrogen and oxygen atoms in total. The van der Waals surface area contributed by atoms with E-state index in [4.69, 9.17) is 0 Å². The number of likely N-dealkylation sites (tertiary alicyclic amines) is 1. The van der Waals surface area contributed by atoms with Crippen molar-refractivity contribution >= 4 is 5.91 Å². The first kappa shape index (κ1) is 17.0. The number of hydrogen-bond acceptors (Lipinski definition) is 3. The van der Waals surface area contributed by atoms with Crippen LogP contribution in [0.1, 0.15) is 23.6 Å². The van der Waals surface area contributed by atoms with Gasteiger partial charge in [0.05, 0.1) is 6.54 Å². The lowest BCUT2D eigenvalue weighted by molar-refractivity contribution is -0.123. The monoisotopic (exact) mass is 355 g/mol. The van der Waals surface area contributed by atoms with E-state index in [0.29, 0.717) is 24.9 Å². The van der Waals surface area contributed by atoms with Crippen molar-refractivity contribution in [2.24, 2.45) is 5.92 Å². The van der Waals surface area contributed by atoms with Crippen LogP contribution in [-0.4, -0.2) is 35.0 Å². The molecule has 0 unspecified atom stereocenters. The van der Waals surface area contributed by atoms with Crippen molar-refractivity contribution in [3.8, 4) is 0 Å². The minimum atomic E-state index is -0.278. The zero-order valence-corrected chi connectivity index (χ0v) is 14.5. The van der Waals surface area contributed by atoms with E-state index in [9.17, 15) is 14.0 Å². The highest BCUT2D eigenvalue weighted by molar-refractivity contribution is 5.78. The number of aromatic nitrogens is 1. The van der Waals surface area contributed by atoms with Gasteiger partial charge in [-0.25, -0.2) is 4.39 Å². The number of nitrogens with zero attached hydrogens (tertiary/aromatic N) is 2. The number of pyridine rings is 1. The second-order valence-electron chi connectivity index (χ2n) is 7.30. The molecule has 0 radical (unpaired) electrons. The lowest BCUT2D eigenvalue weighted by Crippen LogP contribution is -2.49. The molecule has 2 atom stereocenters. The minimum absolute atomic E-state index is 0.0280. The van der Waals surface area contributed by atoms with Crippen molar-refractivity contribution in [1.82, 2.24) is 14.8 Å². The molecule has 1 amide bonds. The first-order valence-electron chi connectivity index (χ1n) is 9.02. The van der Waals surface area contributed by atoms with Crippen molar-refractivity contribution in [2.45, 2.75) is 25.4 Å². The average molecular weight is 355 g/mol. The highest BCUT2D eigenvalue weighted by Gasteiger charge is 2.34. The largest absolute Gasteiger partial charge is 0.351 e. The standard InChI is InChI=1S/C20H22FN3O2/c21-17-6-4-14(5-7-17)9-22-19(25)13-23-10-15-8-16(12-23)18-2-1-3-20(26)24(18)11-15/h1-7,15-16H,8-13H2,(H,22,25)/t15-,16-/m1/s1. The lowest BCUT2D eigenvalue weighted by Gasteiger charge is -2.42. The summed E-state index contributed by atoms with van der Waals surface area (Å²) in [7, 11) is 0. The topological polar surface area (TPSA) is 54.3 Å². The fourth-order valence-electron chi connectivity index (χ4n) is 4.19. The van der Waals surface area contributed by atoms with Gasteiger partial charge >= 0.3 is 0 Å². The number of halogens is 1. The van der Waals surface area contributed by atoms with Crippen molar-refractivity contribution in [1.29, 1.82) is 0 Å². The molecular formula is C20H22FN3O2. The fraction of sp³-hybridized carbons (Fsp3) is 0.400. The Morgan fingerprint density at radius 3 is 2.73 bits per heavy atom. The minimum Gasteiger partial charge on any atom is -0.351 e. The second kappa shape index (κ2) is 7.03. The van der Waals surface area contributed by atoms with Gasteiger partial charge in [0.15, 0.2) is 0 Å². The maximum absolute atomic E-state index is 12.9. The third kappa shape index (κ3) is 3.55. The molecule has 1 aromatic carbocycles. The van der Waals surface area contributed by atoms with Gasteiger partial charge < -0.3 is 9.88 Å². The number of hydrogen-bond donors (Lipinski definition) is 1. The van der Waals surface area contributed by atoms with Crippen LogP contribution in [0.25, 0.3) is 0 Å². The summed E-state index contributed by atoms with van der Waals surface area (Å²) in [6.45, 7) is 3.12. The van der Waals surface area contributed by atoms with E-state index in [2.05, 4.69) is 10.2 Å². The Bertz CT molecular complexity index is 862. The summed E-state index contributed by atoms with van der Waals surface area (Å²) in [5.41, 5.74) is 2.04. The Balaban J connectivity index is 1.36. The van der Waals surface area contributed by atoms with Crippen molar-refractivity contribution < 1.29 is 9.18 Å². The summed E-state index contributed by atoms with van der Waals surface area (Å²) in [5.74, 6) is 0.409. The first-order chi connectivity index (χ1) is 12.6. The fourth-order valence-corrected chi connectivity index (χ4v) is 4.19. The van der Waals surface area contributed by atoms with Crippen LogP contribution in [0.5, 0.6) is 0 Å². The molecule has 2 aliphatic rings. The predicted molar refractivity (Wildman–Crippen MR) is 96.2 cm³/mol. The van der Waals surface area contributed by atoms with E-state index in [1.807, 2.05) is 16.7 Å². The average Bonchev–Trinajstić information content (AvgIpc) is 2.62. The highest BCUT2D eigenvalue weighted by Crippen LogP contribution is 2.34. The normalized spacial score (nSPS) is 21.9. The molecule has 0 spiro atoms. The Morgan fingerprint density at radius 2 is 1.92 bits per heavy atom. The van der Waals surface area contributed by atoms with Gasteiger partial charge in [0.25, 0.3) is 5.56 Å². The Morgan fingerprint density at radius 1 is 1.12 bits per heavy atom. The number of amides is 1. The van der Waals surface area contributed by atoms with Gasteiger partial charge in [0, 0.05) is 43.9 Å². The van der Waals surface area contributed by atoms with Crippen LogP contribution < -0.4 is 10.9 Å².